The maximum Gasteiger partial charge on any atom is 0.414 e. The van der Waals surface area contributed by atoms with Gasteiger partial charge in [-0.05, 0) is 0 Å². The Balaban J connectivity index is 0.00000225. The minimum atomic E-state index is -0.370. The van der Waals surface area contributed by atoms with Crippen molar-refractivity contribution in [2.24, 2.45) is 5.92 Å². The fourth-order valence-electron chi connectivity index (χ4n) is 3.64. The molecule has 1 heterocycles. The van der Waals surface area contributed by atoms with Crippen LogP contribution in [0.4, 0.5) is 10.5 Å². The number of benzene rings is 1. The number of hydrogen-bond donors (Lipinski definition) is 1. The number of hydrogen-bond acceptors (Lipinski definition) is 3. The molecule has 6 heteroatoms. The first kappa shape index (κ1) is 20.2. The molecule has 2 unspecified atom stereocenters. The molecule has 3 atom stereocenters. The van der Waals surface area contributed by atoms with Gasteiger partial charge in [0.15, 0.2) is 0 Å². The molecule has 2 aliphatic rings. The van der Waals surface area contributed by atoms with Crippen molar-refractivity contribution in [3.8, 4) is 0 Å². The van der Waals surface area contributed by atoms with Crippen LogP contribution in [0.3, 0.4) is 0 Å². The maximum absolute atomic E-state index is 12.2. The zero-order valence-electron chi connectivity index (χ0n) is 14.7. The summed E-state index contributed by atoms with van der Waals surface area (Å²) in [4.78, 5) is 24.8. The maximum atomic E-state index is 12.2. The molecule has 0 spiro atoms. The van der Waals surface area contributed by atoms with E-state index in [0.29, 0.717) is 24.9 Å². The van der Waals surface area contributed by atoms with Crippen molar-refractivity contribution in [1.29, 1.82) is 0 Å². The van der Waals surface area contributed by atoms with Gasteiger partial charge in [0.05, 0.1) is 13.1 Å². The average molecular weight is 417 g/mol. The van der Waals surface area contributed by atoms with E-state index >= 15 is 0 Å². The van der Waals surface area contributed by atoms with Gasteiger partial charge in [0.25, 0.3) is 0 Å². The van der Waals surface area contributed by atoms with Crippen LogP contribution in [0.25, 0.3) is 0 Å². The molecule has 2 amide bonds. The van der Waals surface area contributed by atoms with Crippen LogP contribution in [0.15, 0.2) is 18.2 Å². The van der Waals surface area contributed by atoms with Crippen LogP contribution in [-0.4, -0.2) is 31.2 Å². The van der Waals surface area contributed by atoms with E-state index in [1.165, 1.54) is 18.9 Å². The van der Waals surface area contributed by atoms with Crippen molar-refractivity contribution in [3.63, 3.8) is 0 Å². The number of nitrogens with zero attached hydrogens (tertiary/aromatic N) is 1. The van der Waals surface area contributed by atoms with Gasteiger partial charge in [0.2, 0.25) is 5.91 Å². The second-order valence-corrected chi connectivity index (χ2v) is 6.73. The minimum Gasteiger partial charge on any atom is -0.442 e. The van der Waals surface area contributed by atoms with Gasteiger partial charge in [-0.3, -0.25) is 9.69 Å². The Morgan fingerprint density at radius 1 is 1.40 bits per heavy atom. The predicted molar refractivity (Wildman–Crippen MR) is 92.6 cm³/mol. The van der Waals surface area contributed by atoms with Crippen molar-refractivity contribution in [3.05, 3.63) is 43.2 Å². The summed E-state index contributed by atoms with van der Waals surface area (Å²) in [7, 11) is 0. The smallest absolute Gasteiger partial charge is 0.414 e. The molecular formula is C19H24N2O3Y-2. The number of carbonyl (C=O) groups excluding carboxylic acids is 2. The van der Waals surface area contributed by atoms with Crippen LogP contribution in [-0.2, 0) is 42.2 Å². The number of cyclic esters (lactones) is 1. The van der Waals surface area contributed by atoms with Crippen molar-refractivity contribution < 1.29 is 47.0 Å². The molecular weight excluding hydrogens is 393 g/mol. The monoisotopic (exact) mass is 417 g/mol. The molecule has 1 aromatic carbocycles. The first-order chi connectivity index (χ1) is 11.5. The standard InChI is InChI=1S/C19H24N2O3.Y/c1-12-5-4-6-17(12)18-9-15(8-7-13(18)2)21-11-16(24-19(21)23)10-20-14(3)22;/h7-9,12,16-17H,1-2,4-6,10-11H2,3H3,(H,20,22);/q-2;/t12?,16-,17?;/m0./s1. The molecule has 3 rings (SSSR count). The van der Waals surface area contributed by atoms with Crippen LogP contribution in [0.5, 0.6) is 0 Å². The molecule has 133 valence electrons. The van der Waals surface area contributed by atoms with E-state index in [4.69, 9.17) is 4.74 Å². The summed E-state index contributed by atoms with van der Waals surface area (Å²) >= 11 is 0. The van der Waals surface area contributed by atoms with Gasteiger partial charge in [0, 0.05) is 45.3 Å². The summed E-state index contributed by atoms with van der Waals surface area (Å²) in [6, 6.07) is 5.92. The van der Waals surface area contributed by atoms with E-state index in [0.717, 1.165) is 24.1 Å². The zero-order valence-corrected chi connectivity index (χ0v) is 17.5. The van der Waals surface area contributed by atoms with E-state index < -0.39 is 0 Å². The summed E-state index contributed by atoms with van der Waals surface area (Å²) in [6.07, 6.45) is 2.75. The van der Waals surface area contributed by atoms with E-state index in [1.54, 1.807) is 4.90 Å². The first-order valence-corrected chi connectivity index (χ1v) is 8.47. The molecule has 5 nitrogen and oxygen atoms in total. The number of carbonyl (C=O) groups is 2. The first-order valence-electron chi connectivity index (χ1n) is 8.47. The normalized spacial score (nSPS) is 25.4. The van der Waals surface area contributed by atoms with Gasteiger partial charge < -0.3 is 17.0 Å². The molecule has 1 N–H and O–H groups in total. The summed E-state index contributed by atoms with van der Waals surface area (Å²) in [6.45, 7) is 10.6. The van der Waals surface area contributed by atoms with Crippen molar-refractivity contribution >= 4 is 17.7 Å². The van der Waals surface area contributed by atoms with E-state index in [9.17, 15) is 9.59 Å². The summed E-state index contributed by atoms with van der Waals surface area (Å²) in [5, 5.41) is 2.69. The average Bonchev–Trinajstić information content (AvgIpc) is 3.12. The van der Waals surface area contributed by atoms with Crippen LogP contribution in [0.1, 0.15) is 43.2 Å². The van der Waals surface area contributed by atoms with Crippen LogP contribution >= 0.6 is 0 Å². The molecule has 1 aliphatic carbocycles. The second kappa shape index (κ2) is 8.54. The molecule has 1 saturated heterocycles. The molecule has 1 saturated carbocycles. The van der Waals surface area contributed by atoms with Crippen molar-refractivity contribution in [1.82, 2.24) is 5.32 Å². The topological polar surface area (TPSA) is 58.6 Å². The number of rotatable bonds is 4. The van der Waals surface area contributed by atoms with Crippen LogP contribution in [0.2, 0.25) is 0 Å². The number of amides is 2. The van der Waals surface area contributed by atoms with Crippen molar-refractivity contribution in [2.45, 2.75) is 38.2 Å². The third-order valence-electron chi connectivity index (χ3n) is 4.95. The van der Waals surface area contributed by atoms with E-state index in [2.05, 4.69) is 25.2 Å². The Morgan fingerprint density at radius 2 is 2.16 bits per heavy atom. The van der Waals surface area contributed by atoms with Gasteiger partial charge in [-0.1, -0.05) is 37.3 Å². The third-order valence-corrected chi connectivity index (χ3v) is 4.95. The largest absolute Gasteiger partial charge is 0.442 e. The number of ether oxygens (including phenoxy) is 1. The third kappa shape index (κ3) is 4.56. The number of anilines is 1. The zero-order chi connectivity index (χ0) is 17.3. The predicted octanol–water partition coefficient (Wildman–Crippen LogP) is 3.05. The van der Waals surface area contributed by atoms with E-state index in [1.807, 2.05) is 12.1 Å². The Bertz CT molecular complexity index is 650. The Morgan fingerprint density at radius 3 is 2.80 bits per heavy atom. The minimum absolute atomic E-state index is 0. The van der Waals surface area contributed by atoms with Gasteiger partial charge in [0.1, 0.15) is 6.10 Å². The fourth-order valence-corrected chi connectivity index (χ4v) is 3.64. The van der Waals surface area contributed by atoms with Gasteiger partial charge >= 0.3 is 6.09 Å². The van der Waals surface area contributed by atoms with Crippen LogP contribution in [0, 0.1) is 19.8 Å². The summed E-state index contributed by atoms with van der Waals surface area (Å²) < 4.78 is 5.34. The fraction of sp³-hybridized carbons (Fsp3) is 0.474. The quantitative estimate of drug-likeness (QED) is 0.767. The van der Waals surface area contributed by atoms with E-state index in [-0.39, 0.29) is 50.8 Å². The SMILES string of the molecule is [CH2-]c1ccc(N2C[C@H](CNC(C)=O)OC2=O)cc1C1CCCC1[CH2-].[Y]. The molecule has 25 heavy (non-hydrogen) atoms. The van der Waals surface area contributed by atoms with Gasteiger partial charge in [-0.2, -0.15) is 24.5 Å². The number of nitrogens with one attached hydrogen (secondary N) is 1. The van der Waals surface area contributed by atoms with Gasteiger partial charge in [-0.15, -0.1) is 5.56 Å². The molecule has 1 aliphatic heterocycles. The molecule has 1 aromatic rings. The summed E-state index contributed by atoms with van der Waals surface area (Å²) in [5.74, 6) is 0.681. The van der Waals surface area contributed by atoms with Crippen molar-refractivity contribution in [2.75, 3.05) is 18.0 Å². The van der Waals surface area contributed by atoms with Crippen LogP contribution < -0.4 is 10.2 Å². The molecule has 0 bridgehead atoms. The Kier molecular flexibility index (Phi) is 6.92. The Labute approximate surface area is 174 Å². The molecule has 1 radical (unpaired) electrons. The second-order valence-electron chi connectivity index (χ2n) is 6.73. The Hall–Kier alpha value is -1.07. The molecule has 0 aromatic heterocycles. The van der Waals surface area contributed by atoms with Gasteiger partial charge in [-0.25, -0.2) is 4.79 Å². The molecule has 2 fully saturated rings. The summed E-state index contributed by atoms with van der Waals surface area (Å²) in [5.41, 5.74) is 3.01.